The summed E-state index contributed by atoms with van der Waals surface area (Å²) in [4.78, 5) is 2.47. The first-order valence-electron chi connectivity index (χ1n) is 19.3. The number of nitrogens with zero attached hydrogens (tertiary/aromatic N) is 1. The number of rotatable bonds is 4. The van der Waals surface area contributed by atoms with Gasteiger partial charge in [0.25, 0.3) is 0 Å². The van der Waals surface area contributed by atoms with Crippen LogP contribution in [-0.4, -0.2) is 0 Å². The van der Waals surface area contributed by atoms with Crippen molar-refractivity contribution in [2.24, 2.45) is 0 Å². The standard InChI is InChI=1S/C53H35NOS/c1-53(2)45-22-9-7-18-38(45)39-27-25-35(31-46(39)53)54(47-23-12-21-42-40-19-8-10-24-49(40)56-52(42)47)34-26-28-48-43(30-34)44-29-33-14-4-6-17-37(33)50(51(44)55-48)41-20-11-15-32-13-3-5-16-36(32)41/h3-31H,1-2H3. The maximum absolute atomic E-state index is 6.96. The second-order valence-electron chi connectivity index (χ2n) is 15.6. The summed E-state index contributed by atoms with van der Waals surface area (Å²) in [6.07, 6.45) is 0. The monoisotopic (exact) mass is 733 g/mol. The Morgan fingerprint density at radius 2 is 1.12 bits per heavy atom. The van der Waals surface area contributed by atoms with Gasteiger partial charge in [-0.2, -0.15) is 0 Å². The van der Waals surface area contributed by atoms with Gasteiger partial charge in [0.1, 0.15) is 11.2 Å². The molecule has 1 aliphatic rings. The molecule has 12 rings (SSSR count). The molecule has 0 unspecified atom stereocenters. The van der Waals surface area contributed by atoms with Gasteiger partial charge in [0.05, 0.1) is 10.4 Å². The van der Waals surface area contributed by atoms with Gasteiger partial charge in [-0.05, 0) is 97.9 Å². The van der Waals surface area contributed by atoms with Gasteiger partial charge in [-0.15, -0.1) is 11.3 Å². The fourth-order valence-corrected chi connectivity index (χ4v) is 10.8. The fraction of sp³-hybridized carbons (Fsp3) is 0.0566. The van der Waals surface area contributed by atoms with Crippen LogP contribution in [-0.2, 0) is 5.41 Å². The van der Waals surface area contributed by atoms with Gasteiger partial charge in [0, 0.05) is 48.6 Å². The van der Waals surface area contributed by atoms with Gasteiger partial charge in [-0.1, -0.05) is 141 Å². The summed E-state index contributed by atoms with van der Waals surface area (Å²) in [5, 5.41) is 9.63. The highest BCUT2D eigenvalue weighted by Crippen LogP contribution is 2.52. The predicted molar refractivity (Wildman–Crippen MR) is 239 cm³/mol. The van der Waals surface area contributed by atoms with Crippen LogP contribution in [0.1, 0.15) is 25.0 Å². The second-order valence-corrected chi connectivity index (χ2v) is 16.7. The summed E-state index contributed by atoms with van der Waals surface area (Å²) in [6, 6.07) is 64.6. The molecule has 0 amide bonds. The highest BCUT2D eigenvalue weighted by Gasteiger charge is 2.36. The van der Waals surface area contributed by atoms with E-state index in [0.29, 0.717) is 0 Å². The van der Waals surface area contributed by atoms with Gasteiger partial charge in [-0.3, -0.25) is 0 Å². The Bertz CT molecular complexity index is 3410. The molecule has 264 valence electrons. The normalized spacial score (nSPS) is 13.3. The number of furan rings is 1. The third-order valence-corrected chi connectivity index (χ3v) is 13.4. The minimum Gasteiger partial charge on any atom is -0.455 e. The minimum atomic E-state index is -0.124. The van der Waals surface area contributed by atoms with Crippen LogP contribution in [0, 0.1) is 0 Å². The summed E-state index contributed by atoms with van der Waals surface area (Å²) in [5.74, 6) is 0. The van der Waals surface area contributed by atoms with E-state index in [4.69, 9.17) is 4.42 Å². The van der Waals surface area contributed by atoms with Crippen LogP contribution >= 0.6 is 11.3 Å². The molecule has 11 aromatic rings. The molecule has 9 aromatic carbocycles. The van der Waals surface area contributed by atoms with E-state index >= 15 is 0 Å². The van der Waals surface area contributed by atoms with Crippen LogP contribution in [0.4, 0.5) is 17.1 Å². The zero-order valence-corrected chi connectivity index (χ0v) is 31.8. The minimum absolute atomic E-state index is 0.124. The van der Waals surface area contributed by atoms with Gasteiger partial charge < -0.3 is 9.32 Å². The van der Waals surface area contributed by atoms with Gasteiger partial charge in [-0.25, -0.2) is 0 Å². The van der Waals surface area contributed by atoms with E-state index < -0.39 is 0 Å². The smallest absolute Gasteiger partial charge is 0.143 e. The molecule has 3 heteroatoms. The lowest BCUT2D eigenvalue weighted by Crippen LogP contribution is -2.16. The van der Waals surface area contributed by atoms with Crippen LogP contribution in [0.3, 0.4) is 0 Å². The highest BCUT2D eigenvalue weighted by atomic mass is 32.1. The van der Waals surface area contributed by atoms with Crippen LogP contribution in [0.25, 0.3) is 85.9 Å². The van der Waals surface area contributed by atoms with Crippen molar-refractivity contribution in [2.75, 3.05) is 4.90 Å². The summed E-state index contributed by atoms with van der Waals surface area (Å²) < 4.78 is 9.53. The zero-order chi connectivity index (χ0) is 37.1. The van der Waals surface area contributed by atoms with Crippen LogP contribution in [0.5, 0.6) is 0 Å². The molecule has 0 fully saturated rings. The average molecular weight is 734 g/mol. The van der Waals surface area contributed by atoms with Gasteiger partial charge >= 0.3 is 0 Å². The first-order valence-corrected chi connectivity index (χ1v) is 20.2. The number of thiophene rings is 1. The molecule has 0 spiro atoms. The number of hydrogen-bond acceptors (Lipinski definition) is 3. The van der Waals surface area contributed by atoms with Crippen molar-refractivity contribution in [1.29, 1.82) is 0 Å². The van der Waals surface area contributed by atoms with E-state index in [1.807, 2.05) is 11.3 Å². The molecule has 2 heterocycles. The molecule has 0 radical (unpaired) electrons. The van der Waals surface area contributed by atoms with Crippen molar-refractivity contribution in [1.82, 2.24) is 0 Å². The third-order valence-electron chi connectivity index (χ3n) is 12.2. The van der Waals surface area contributed by atoms with Crippen molar-refractivity contribution in [2.45, 2.75) is 19.3 Å². The Morgan fingerprint density at radius 1 is 0.464 bits per heavy atom. The first kappa shape index (κ1) is 31.6. The van der Waals surface area contributed by atoms with Crippen LogP contribution < -0.4 is 4.90 Å². The van der Waals surface area contributed by atoms with Crippen molar-refractivity contribution < 1.29 is 4.42 Å². The zero-order valence-electron chi connectivity index (χ0n) is 31.0. The molecule has 0 saturated heterocycles. The average Bonchev–Trinajstić information content (AvgIpc) is 3.88. The van der Waals surface area contributed by atoms with Gasteiger partial charge in [0.15, 0.2) is 0 Å². The Kier molecular flexibility index (Phi) is 6.59. The van der Waals surface area contributed by atoms with Crippen LogP contribution in [0.2, 0.25) is 0 Å². The van der Waals surface area contributed by atoms with E-state index in [9.17, 15) is 0 Å². The maximum atomic E-state index is 6.96. The van der Waals surface area contributed by atoms with E-state index in [-0.39, 0.29) is 5.41 Å². The predicted octanol–water partition coefficient (Wildman–Crippen LogP) is 15.7. The molecular weight excluding hydrogens is 699 g/mol. The van der Waals surface area contributed by atoms with E-state index in [1.165, 1.54) is 75.2 Å². The Hall–Kier alpha value is -6.68. The summed E-state index contributed by atoms with van der Waals surface area (Å²) >= 11 is 1.87. The van der Waals surface area contributed by atoms with Crippen molar-refractivity contribution in [3.05, 3.63) is 187 Å². The molecule has 0 atom stereocenters. The Labute approximate surface area is 328 Å². The summed E-state index contributed by atoms with van der Waals surface area (Å²) in [7, 11) is 0. The molecular formula is C53H35NOS. The molecule has 0 N–H and O–H groups in total. The molecule has 56 heavy (non-hydrogen) atoms. The lowest BCUT2D eigenvalue weighted by Gasteiger charge is -2.28. The lowest BCUT2D eigenvalue weighted by atomic mass is 9.82. The largest absolute Gasteiger partial charge is 0.455 e. The summed E-state index contributed by atoms with van der Waals surface area (Å²) in [6.45, 7) is 4.72. The molecule has 1 aliphatic carbocycles. The van der Waals surface area contributed by atoms with E-state index in [1.54, 1.807) is 0 Å². The van der Waals surface area contributed by atoms with Crippen LogP contribution in [0.15, 0.2) is 180 Å². The number of hydrogen-bond donors (Lipinski definition) is 0. The maximum Gasteiger partial charge on any atom is 0.143 e. The number of anilines is 3. The molecule has 0 bridgehead atoms. The molecule has 0 saturated carbocycles. The van der Waals surface area contributed by atoms with E-state index in [2.05, 4.69) is 195 Å². The molecule has 2 aromatic heterocycles. The topological polar surface area (TPSA) is 16.4 Å². The number of benzene rings is 9. The fourth-order valence-electron chi connectivity index (χ4n) is 9.58. The van der Waals surface area contributed by atoms with Gasteiger partial charge in [0.2, 0.25) is 0 Å². The summed E-state index contributed by atoms with van der Waals surface area (Å²) in [5.41, 5.74) is 12.8. The highest BCUT2D eigenvalue weighted by molar-refractivity contribution is 7.26. The third kappa shape index (κ3) is 4.43. The number of fused-ring (bicyclic) bond motifs is 11. The Morgan fingerprint density at radius 3 is 2.04 bits per heavy atom. The molecule has 2 nitrogen and oxygen atoms in total. The molecule has 0 aliphatic heterocycles. The SMILES string of the molecule is CC1(C)c2ccccc2-c2ccc(N(c3ccc4oc5c(-c6cccc7ccccc67)c6ccccc6cc5c4c3)c3cccc4c3sc3ccccc34)cc21. The lowest BCUT2D eigenvalue weighted by molar-refractivity contribution is 0.660. The Balaban J connectivity index is 1.13. The first-order chi connectivity index (χ1) is 27.5. The quantitative estimate of drug-likeness (QED) is 0.179. The van der Waals surface area contributed by atoms with Crippen molar-refractivity contribution in [3.63, 3.8) is 0 Å². The van der Waals surface area contributed by atoms with E-state index in [0.717, 1.165) is 38.9 Å². The van der Waals surface area contributed by atoms with Crippen molar-refractivity contribution >= 4 is 92.1 Å². The second kappa shape index (κ2) is 11.7. The van der Waals surface area contributed by atoms with Crippen molar-refractivity contribution in [3.8, 4) is 22.3 Å².